The van der Waals surface area contributed by atoms with Gasteiger partial charge in [-0.1, -0.05) is 55.9 Å². The molecule has 2 atom stereocenters. The molecule has 140 valence electrons. The molecule has 0 radical (unpaired) electrons. The van der Waals surface area contributed by atoms with E-state index >= 15 is 0 Å². The molecule has 1 amide bonds. The van der Waals surface area contributed by atoms with Crippen molar-refractivity contribution < 1.29 is 14.3 Å². The lowest BCUT2D eigenvalue weighted by Crippen LogP contribution is -2.50. The highest BCUT2D eigenvalue weighted by molar-refractivity contribution is 7.99. The van der Waals surface area contributed by atoms with Gasteiger partial charge in [-0.25, -0.2) is 0 Å². The minimum Gasteiger partial charge on any atom is -0.448 e. The summed E-state index contributed by atoms with van der Waals surface area (Å²) in [6, 6.07) is 17.7. The summed E-state index contributed by atoms with van der Waals surface area (Å²) < 4.78 is 5.70. The Bertz CT molecular complexity index is 911. The predicted octanol–water partition coefficient (Wildman–Crippen LogP) is 4.90. The van der Waals surface area contributed by atoms with E-state index in [4.69, 9.17) is 4.74 Å². The molecular weight excluding hydrogens is 358 g/mol. The van der Waals surface area contributed by atoms with Crippen LogP contribution in [0.1, 0.15) is 33.6 Å². The molecule has 1 saturated carbocycles. The molecule has 1 heterocycles. The number of hydrogen-bond acceptors (Lipinski definition) is 4. The third kappa shape index (κ3) is 2.52. The standard InChI is InChI=1S/C22H23NO3S/c1-20(2)21(3)13-14-22(20,26-19(21)25)18(24)23-16-11-7-8-12-17(16)27-15-9-5-4-6-10-15/h4-12H,13-14H2,1-3H3,(H,23,24)/t21-,22-/m0/s1. The fourth-order valence-electron chi connectivity index (χ4n) is 4.24. The fourth-order valence-corrected chi connectivity index (χ4v) is 5.17. The number of hydrogen-bond donors (Lipinski definition) is 1. The highest BCUT2D eigenvalue weighted by Crippen LogP contribution is 2.65. The van der Waals surface area contributed by atoms with Crippen molar-refractivity contribution in [3.63, 3.8) is 0 Å². The van der Waals surface area contributed by atoms with Crippen LogP contribution in [0, 0.1) is 10.8 Å². The third-order valence-electron chi connectivity index (χ3n) is 6.56. The Kier molecular flexibility index (Phi) is 4.11. The van der Waals surface area contributed by atoms with Crippen molar-refractivity contribution in [3.05, 3.63) is 54.6 Å². The van der Waals surface area contributed by atoms with Crippen molar-refractivity contribution in [3.8, 4) is 0 Å². The van der Waals surface area contributed by atoms with Gasteiger partial charge in [0.2, 0.25) is 0 Å². The Hall–Kier alpha value is -2.27. The minimum absolute atomic E-state index is 0.233. The molecular formula is C22H23NO3S. The van der Waals surface area contributed by atoms with Gasteiger partial charge in [-0.2, -0.15) is 0 Å². The first-order valence-electron chi connectivity index (χ1n) is 9.17. The van der Waals surface area contributed by atoms with E-state index in [-0.39, 0.29) is 11.9 Å². The average Bonchev–Trinajstić information content (AvgIpc) is 2.94. The molecule has 2 aromatic rings. The van der Waals surface area contributed by atoms with E-state index in [0.29, 0.717) is 12.8 Å². The molecule has 1 aliphatic heterocycles. The van der Waals surface area contributed by atoms with Crippen LogP contribution in [-0.4, -0.2) is 17.5 Å². The maximum atomic E-state index is 13.3. The molecule has 2 bridgehead atoms. The summed E-state index contributed by atoms with van der Waals surface area (Å²) in [6.45, 7) is 5.85. The van der Waals surface area contributed by atoms with Crippen molar-refractivity contribution in [2.24, 2.45) is 10.8 Å². The summed E-state index contributed by atoms with van der Waals surface area (Å²) in [6.07, 6.45) is 1.23. The van der Waals surface area contributed by atoms with Gasteiger partial charge < -0.3 is 10.1 Å². The molecule has 1 saturated heterocycles. The van der Waals surface area contributed by atoms with Crippen LogP contribution in [0.4, 0.5) is 5.69 Å². The zero-order valence-corrected chi connectivity index (χ0v) is 16.6. The van der Waals surface area contributed by atoms with Crippen molar-refractivity contribution in [2.45, 2.75) is 49.0 Å². The average molecular weight is 381 g/mol. The molecule has 1 aliphatic carbocycles. The molecule has 1 N–H and O–H groups in total. The van der Waals surface area contributed by atoms with E-state index in [1.165, 1.54) is 0 Å². The van der Waals surface area contributed by atoms with Crippen LogP contribution in [0.3, 0.4) is 0 Å². The SMILES string of the molecule is CC1(C)[C@@]2(C)CC[C@@]1(C(=O)Nc1ccccc1Sc1ccccc1)OC2=O. The van der Waals surface area contributed by atoms with Gasteiger partial charge in [0.15, 0.2) is 5.60 Å². The molecule has 0 unspecified atom stereocenters. The zero-order valence-electron chi connectivity index (χ0n) is 15.7. The van der Waals surface area contributed by atoms with Gasteiger partial charge in [-0.15, -0.1) is 0 Å². The monoisotopic (exact) mass is 381 g/mol. The van der Waals surface area contributed by atoms with E-state index in [9.17, 15) is 9.59 Å². The molecule has 2 fully saturated rings. The molecule has 0 spiro atoms. The number of para-hydroxylation sites is 1. The van der Waals surface area contributed by atoms with Gasteiger partial charge >= 0.3 is 5.97 Å². The van der Waals surface area contributed by atoms with Crippen molar-refractivity contribution in [1.29, 1.82) is 0 Å². The van der Waals surface area contributed by atoms with Gasteiger partial charge in [0.25, 0.3) is 5.91 Å². The number of carbonyl (C=O) groups excluding carboxylic acids is 2. The molecule has 2 aliphatic rings. The quantitative estimate of drug-likeness (QED) is 0.766. The van der Waals surface area contributed by atoms with E-state index < -0.39 is 16.4 Å². The first-order chi connectivity index (χ1) is 12.8. The zero-order chi connectivity index (χ0) is 19.3. The Morgan fingerprint density at radius 1 is 1.00 bits per heavy atom. The van der Waals surface area contributed by atoms with Crippen molar-refractivity contribution >= 4 is 29.3 Å². The van der Waals surface area contributed by atoms with E-state index in [2.05, 4.69) is 5.32 Å². The number of amides is 1. The second-order valence-electron chi connectivity index (χ2n) is 8.04. The maximum absolute atomic E-state index is 13.3. The topological polar surface area (TPSA) is 55.4 Å². The molecule has 4 nitrogen and oxygen atoms in total. The lowest BCUT2D eigenvalue weighted by molar-refractivity contribution is -0.165. The molecule has 0 aromatic heterocycles. The first-order valence-corrected chi connectivity index (χ1v) is 9.99. The maximum Gasteiger partial charge on any atom is 0.313 e. The van der Waals surface area contributed by atoms with Crippen LogP contribution in [0.2, 0.25) is 0 Å². The van der Waals surface area contributed by atoms with Crippen LogP contribution in [0.5, 0.6) is 0 Å². The Labute approximate surface area is 163 Å². The van der Waals surface area contributed by atoms with E-state index in [1.54, 1.807) is 11.8 Å². The fraction of sp³-hybridized carbons (Fsp3) is 0.364. The van der Waals surface area contributed by atoms with Gasteiger partial charge in [0, 0.05) is 15.2 Å². The Morgan fingerprint density at radius 2 is 1.67 bits per heavy atom. The number of ether oxygens (including phenoxy) is 1. The van der Waals surface area contributed by atoms with Crippen LogP contribution < -0.4 is 5.32 Å². The van der Waals surface area contributed by atoms with Crippen LogP contribution in [0.25, 0.3) is 0 Å². The summed E-state index contributed by atoms with van der Waals surface area (Å²) in [4.78, 5) is 27.8. The van der Waals surface area contributed by atoms with E-state index in [0.717, 1.165) is 15.5 Å². The largest absolute Gasteiger partial charge is 0.448 e. The smallest absolute Gasteiger partial charge is 0.313 e. The third-order valence-corrected chi connectivity index (χ3v) is 7.64. The van der Waals surface area contributed by atoms with Crippen LogP contribution >= 0.6 is 11.8 Å². The number of esters is 1. The summed E-state index contributed by atoms with van der Waals surface area (Å²) in [7, 11) is 0. The Morgan fingerprint density at radius 3 is 2.30 bits per heavy atom. The van der Waals surface area contributed by atoms with Crippen molar-refractivity contribution in [1.82, 2.24) is 0 Å². The number of carbonyl (C=O) groups is 2. The van der Waals surface area contributed by atoms with Crippen LogP contribution in [-0.2, 0) is 14.3 Å². The molecule has 4 rings (SSSR count). The van der Waals surface area contributed by atoms with Gasteiger partial charge in [-0.05, 0) is 44.0 Å². The first kappa shape index (κ1) is 18.1. The number of anilines is 1. The van der Waals surface area contributed by atoms with Gasteiger partial charge in [0.05, 0.1) is 11.1 Å². The van der Waals surface area contributed by atoms with Crippen molar-refractivity contribution in [2.75, 3.05) is 5.32 Å². The minimum atomic E-state index is -1.11. The second kappa shape index (κ2) is 6.13. The number of nitrogens with one attached hydrogen (secondary N) is 1. The summed E-state index contributed by atoms with van der Waals surface area (Å²) in [5.74, 6) is -0.496. The highest BCUT2D eigenvalue weighted by Gasteiger charge is 2.75. The molecule has 5 heteroatoms. The Balaban J connectivity index is 1.62. The number of rotatable bonds is 4. The predicted molar refractivity (Wildman–Crippen MR) is 106 cm³/mol. The van der Waals surface area contributed by atoms with Gasteiger partial charge in [-0.3, -0.25) is 9.59 Å². The summed E-state index contributed by atoms with van der Waals surface area (Å²) >= 11 is 1.59. The number of fused-ring (bicyclic) bond motifs is 2. The second-order valence-corrected chi connectivity index (χ2v) is 9.15. The van der Waals surface area contributed by atoms with E-state index in [1.807, 2.05) is 75.4 Å². The normalized spacial score (nSPS) is 28.0. The summed E-state index contributed by atoms with van der Waals surface area (Å²) in [5, 5.41) is 3.05. The summed E-state index contributed by atoms with van der Waals surface area (Å²) in [5.41, 5.74) is -1.53. The number of benzene rings is 2. The molecule has 2 aromatic carbocycles. The lowest BCUT2D eigenvalue weighted by atomic mass is 9.66. The highest BCUT2D eigenvalue weighted by atomic mass is 32.2. The van der Waals surface area contributed by atoms with Crippen LogP contribution in [0.15, 0.2) is 64.4 Å². The lowest BCUT2D eigenvalue weighted by Gasteiger charge is -2.35. The van der Waals surface area contributed by atoms with Gasteiger partial charge in [0.1, 0.15) is 0 Å². The molecule has 27 heavy (non-hydrogen) atoms.